The van der Waals surface area contributed by atoms with Gasteiger partial charge in [0.05, 0.1) is 0 Å². The van der Waals surface area contributed by atoms with Crippen molar-refractivity contribution in [2.45, 2.75) is 118 Å². The fourth-order valence-corrected chi connectivity index (χ4v) is 3.61. The predicted molar refractivity (Wildman–Crippen MR) is 114 cm³/mol. The Kier molecular flexibility index (Phi) is 12.0. The topological polar surface area (TPSA) is 0 Å². The van der Waals surface area contributed by atoms with Crippen LogP contribution in [0.5, 0.6) is 0 Å². The molecular formula is C25H44. The zero-order valence-corrected chi connectivity index (χ0v) is 17.7. The van der Waals surface area contributed by atoms with Crippen molar-refractivity contribution in [2.24, 2.45) is 5.41 Å². The highest BCUT2D eigenvalue weighted by atomic mass is 14.2. The highest BCUT2D eigenvalue weighted by Gasteiger charge is 2.10. The molecule has 144 valence electrons. The first-order chi connectivity index (χ1) is 12.0. The van der Waals surface area contributed by atoms with Gasteiger partial charge >= 0.3 is 0 Å². The molecule has 0 aromatic heterocycles. The minimum Gasteiger partial charge on any atom is -0.0654 e. The summed E-state index contributed by atoms with van der Waals surface area (Å²) < 4.78 is 0. The van der Waals surface area contributed by atoms with E-state index < -0.39 is 0 Å². The van der Waals surface area contributed by atoms with E-state index in [1.807, 2.05) is 0 Å². The van der Waals surface area contributed by atoms with Crippen LogP contribution < -0.4 is 0 Å². The molecule has 0 radical (unpaired) electrons. The molecule has 0 saturated heterocycles. The molecule has 0 bridgehead atoms. The van der Waals surface area contributed by atoms with Gasteiger partial charge in [-0.05, 0) is 35.8 Å². The summed E-state index contributed by atoms with van der Waals surface area (Å²) in [5, 5.41) is 0. The van der Waals surface area contributed by atoms with Crippen LogP contribution in [0.25, 0.3) is 0 Å². The highest BCUT2D eigenvalue weighted by Crippen LogP contribution is 2.21. The van der Waals surface area contributed by atoms with E-state index in [9.17, 15) is 0 Å². The molecule has 0 heterocycles. The van der Waals surface area contributed by atoms with Gasteiger partial charge in [-0.2, -0.15) is 0 Å². The summed E-state index contributed by atoms with van der Waals surface area (Å²) in [5.74, 6) is 0. The molecule has 0 aliphatic carbocycles. The molecule has 0 saturated carbocycles. The lowest BCUT2D eigenvalue weighted by Crippen LogP contribution is -2.08. The lowest BCUT2D eigenvalue weighted by atomic mass is 9.88. The number of hydrogen-bond acceptors (Lipinski definition) is 0. The Morgan fingerprint density at radius 2 is 0.960 bits per heavy atom. The second-order valence-electron chi connectivity index (χ2n) is 9.19. The van der Waals surface area contributed by atoms with Crippen LogP contribution in [-0.4, -0.2) is 0 Å². The first kappa shape index (κ1) is 22.3. The third kappa shape index (κ3) is 13.1. The number of hydrogen-bond donors (Lipinski definition) is 0. The van der Waals surface area contributed by atoms with Gasteiger partial charge in [-0.3, -0.25) is 0 Å². The Balaban J connectivity index is 1.96. The summed E-state index contributed by atoms with van der Waals surface area (Å²) >= 11 is 0. The molecule has 0 N–H and O–H groups in total. The third-order valence-electron chi connectivity index (χ3n) is 5.08. The van der Waals surface area contributed by atoms with Crippen LogP contribution in [0, 0.1) is 5.41 Å². The van der Waals surface area contributed by atoms with Crippen LogP contribution >= 0.6 is 0 Å². The minimum atomic E-state index is 0.386. The van der Waals surface area contributed by atoms with Gasteiger partial charge in [-0.25, -0.2) is 0 Å². The molecule has 0 heteroatoms. The van der Waals surface area contributed by atoms with Gasteiger partial charge in [0.1, 0.15) is 0 Å². The number of aryl methyl sites for hydroxylation is 1. The molecule has 25 heavy (non-hydrogen) atoms. The second kappa shape index (κ2) is 13.4. The smallest absolute Gasteiger partial charge is 0.0230 e. The normalized spacial score (nSPS) is 11.8. The maximum atomic E-state index is 2.35. The molecule has 1 rings (SSSR count). The van der Waals surface area contributed by atoms with E-state index in [4.69, 9.17) is 0 Å². The van der Waals surface area contributed by atoms with Crippen LogP contribution in [0.2, 0.25) is 0 Å². The van der Waals surface area contributed by atoms with Crippen molar-refractivity contribution >= 4 is 0 Å². The maximum absolute atomic E-state index is 2.35. The fraction of sp³-hybridized carbons (Fsp3) is 0.760. The number of benzene rings is 1. The Morgan fingerprint density at radius 1 is 0.560 bits per heavy atom. The molecule has 0 aliphatic heterocycles. The summed E-state index contributed by atoms with van der Waals surface area (Å²) in [4.78, 5) is 0. The lowest BCUT2D eigenvalue weighted by molar-refractivity contribution is 0.411. The Hall–Kier alpha value is -0.780. The summed E-state index contributed by atoms with van der Waals surface area (Å²) in [6.45, 7) is 9.23. The van der Waals surface area contributed by atoms with Crippen molar-refractivity contribution in [3.8, 4) is 0 Å². The van der Waals surface area contributed by atoms with Crippen molar-refractivity contribution in [3.05, 3.63) is 35.4 Å². The second-order valence-corrected chi connectivity index (χ2v) is 9.19. The first-order valence-corrected chi connectivity index (χ1v) is 11.1. The summed E-state index contributed by atoms with van der Waals surface area (Å²) in [6, 6.07) is 9.36. The summed E-state index contributed by atoms with van der Waals surface area (Å²) in [6.07, 6.45) is 19.6. The Labute approximate surface area is 158 Å². The summed E-state index contributed by atoms with van der Waals surface area (Å²) in [7, 11) is 0. The lowest BCUT2D eigenvalue weighted by Gasteiger charge is -2.18. The molecule has 0 aliphatic rings. The molecular weight excluding hydrogens is 300 g/mol. The molecule has 1 aromatic rings. The molecule has 0 nitrogen and oxygen atoms in total. The van der Waals surface area contributed by atoms with Gasteiger partial charge < -0.3 is 0 Å². The van der Waals surface area contributed by atoms with Crippen LogP contribution in [0.3, 0.4) is 0 Å². The average molecular weight is 345 g/mol. The largest absolute Gasteiger partial charge is 0.0654 e. The number of rotatable bonds is 14. The van der Waals surface area contributed by atoms with Gasteiger partial charge in [0.2, 0.25) is 0 Å². The van der Waals surface area contributed by atoms with Gasteiger partial charge in [0.15, 0.2) is 0 Å². The van der Waals surface area contributed by atoms with Crippen molar-refractivity contribution in [1.82, 2.24) is 0 Å². The molecule has 0 amide bonds. The van der Waals surface area contributed by atoms with E-state index in [2.05, 4.69) is 52.0 Å². The first-order valence-electron chi connectivity index (χ1n) is 11.1. The van der Waals surface area contributed by atoms with E-state index in [0.717, 1.165) is 0 Å². The SMILES string of the molecule is CCCCCCCCCCCCCCc1ccc(CC(C)(C)C)cc1. The monoisotopic (exact) mass is 344 g/mol. The van der Waals surface area contributed by atoms with Crippen molar-refractivity contribution in [1.29, 1.82) is 0 Å². The molecule has 0 atom stereocenters. The minimum absolute atomic E-state index is 0.386. The van der Waals surface area contributed by atoms with Gasteiger partial charge in [0.25, 0.3) is 0 Å². The zero-order valence-electron chi connectivity index (χ0n) is 17.7. The van der Waals surface area contributed by atoms with Gasteiger partial charge in [-0.15, -0.1) is 0 Å². The standard InChI is InChI=1S/C25H44/c1-5-6-7-8-9-10-11-12-13-14-15-16-17-23-18-20-24(21-19-23)22-25(2,3)4/h18-21H,5-17,22H2,1-4H3. The predicted octanol–water partition coefficient (Wildman–Crippen LogP) is 8.52. The van der Waals surface area contributed by atoms with E-state index >= 15 is 0 Å². The van der Waals surface area contributed by atoms with E-state index in [0.29, 0.717) is 5.41 Å². The molecule has 0 fully saturated rings. The third-order valence-corrected chi connectivity index (χ3v) is 5.08. The van der Waals surface area contributed by atoms with Crippen LogP contribution in [0.1, 0.15) is 116 Å². The van der Waals surface area contributed by atoms with Gasteiger partial charge in [-0.1, -0.05) is 123 Å². The van der Waals surface area contributed by atoms with Crippen LogP contribution in [-0.2, 0) is 12.8 Å². The number of unbranched alkanes of at least 4 members (excludes halogenated alkanes) is 11. The highest BCUT2D eigenvalue weighted by molar-refractivity contribution is 5.23. The van der Waals surface area contributed by atoms with Crippen molar-refractivity contribution in [2.75, 3.05) is 0 Å². The van der Waals surface area contributed by atoms with Gasteiger partial charge in [0, 0.05) is 0 Å². The van der Waals surface area contributed by atoms with Crippen molar-refractivity contribution in [3.63, 3.8) is 0 Å². The molecule has 1 aromatic carbocycles. The van der Waals surface area contributed by atoms with E-state index in [1.54, 1.807) is 0 Å². The van der Waals surface area contributed by atoms with Crippen molar-refractivity contribution < 1.29 is 0 Å². The van der Waals surface area contributed by atoms with E-state index in [1.165, 1.54) is 101 Å². The van der Waals surface area contributed by atoms with Crippen LogP contribution in [0.15, 0.2) is 24.3 Å². The Morgan fingerprint density at radius 3 is 1.40 bits per heavy atom. The van der Waals surface area contributed by atoms with Crippen LogP contribution in [0.4, 0.5) is 0 Å². The molecule has 0 spiro atoms. The fourth-order valence-electron chi connectivity index (χ4n) is 3.61. The average Bonchev–Trinajstić information content (AvgIpc) is 2.56. The van der Waals surface area contributed by atoms with E-state index in [-0.39, 0.29) is 0 Å². The Bertz CT molecular complexity index is 407. The molecule has 0 unspecified atom stereocenters. The zero-order chi connectivity index (χ0) is 18.4. The quantitative estimate of drug-likeness (QED) is 0.297. The maximum Gasteiger partial charge on any atom is -0.0230 e. The summed E-state index contributed by atoms with van der Waals surface area (Å²) in [5.41, 5.74) is 3.38.